The summed E-state index contributed by atoms with van der Waals surface area (Å²) in [6.07, 6.45) is 20.5. The molecule has 172 valence electrons. The van der Waals surface area contributed by atoms with Crippen molar-refractivity contribution in [3.63, 3.8) is 0 Å². The molecule has 0 saturated carbocycles. The third kappa shape index (κ3) is 13.8. The van der Waals surface area contributed by atoms with Crippen molar-refractivity contribution in [3.8, 4) is 0 Å². The Morgan fingerprint density at radius 1 is 0.828 bits per heavy atom. The van der Waals surface area contributed by atoms with Gasteiger partial charge < -0.3 is 20.1 Å². The Labute approximate surface area is 178 Å². The summed E-state index contributed by atoms with van der Waals surface area (Å²) < 4.78 is 5.30. The van der Waals surface area contributed by atoms with Crippen LogP contribution in [-0.4, -0.2) is 46.7 Å². The lowest BCUT2D eigenvalue weighted by Gasteiger charge is -2.34. The van der Waals surface area contributed by atoms with Crippen LogP contribution in [0.5, 0.6) is 0 Å². The van der Waals surface area contributed by atoms with Crippen molar-refractivity contribution in [2.75, 3.05) is 19.8 Å². The van der Waals surface area contributed by atoms with Crippen LogP contribution in [0.4, 0.5) is 0 Å². The zero-order chi connectivity index (χ0) is 21.8. The van der Waals surface area contributed by atoms with Crippen molar-refractivity contribution in [1.29, 1.82) is 0 Å². The number of hydrogen-bond donors (Lipinski definition) is 3. The summed E-state index contributed by atoms with van der Waals surface area (Å²) in [4.78, 5) is 12.0. The lowest BCUT2D eigenvalue weighted by molar-refractivity contribution is -0.181. The highest BCUT2D eigenvalue weighted by molar-refractivity contribution is 5.70. The van der Waals surface area contributed by atoms with Gasteiger partial charge in [0.05, 0.1) is 13.2 Å². The maximum atomic E-state index is 12.0. The Balaban J connectivity index is 3.65. The Morgan fingerprint density at radius 2 is 1.31 bits per heavy atom. The molecular weight excluding hydrogens is 368 g/mol. The predicted octanol–water partition coefficient (Wildman–Crippen LogP) is 4.92. The first-order valence-corrected chi connectivity index (χ1v) is 11.8. The summed E-state index contributed by atoms with van der Waals surface area (Å²) in [5.41, 5.74) is -1.40. The van der Waals surface area contributed by atoms with Crippen LogP contribution in [0.15, 0.2) is 12.2 Å². The lowest BCUT2D eigenvalue weighted by Crippen LogP contribution is -2.49. The van der Waals surface area contributed by atoms with Gasteiger partial charge in [-0.2, -0.15) is 0 Å². The Bertz CT molecular complexity index is 404. The molecule has 0 amide bonds. The highest BCUT2D eigenvalue weighted by atomic mass is 16.6. The monoisotopic (exact) mass is 414 g/mol. The zero-order valence-electron chi connectivity index (χ0n) is 18.9. The average molecular weight is 415 g/mol. The number of carbonyl (C=O) groups excluding carboxylic acids is 1. The molecule has 0 spiro atoms. The van der Waals surface area contributed by atoms with Crippen LogP contribution in [0.25, 0.3) is 0 Å². The zero-order valence-corrected chi connectivity index (χ0v) is 18.9. The first kappa shape index (κ1) is 28.1. The van der Waals surface area contributed by atoms with Crippen LogP contribution in [0, 0.1) is 5.92 Å². The van der Waals surface area contributed by atoms with Crippen molar-refractivity contribution in [1.82, 2.24) is 0 Å². The molecule has 0 rings (SSSR count). The van der Waals surface area contributed by atoms with Gasteiger partial charge in [0.2, 0.25) is 0 Å². The third-order valence-corrected chi connectivity index (χ3v) is 5.67. The van der Waals surface area contributed by atoms with Crippen molar-refractivity contribution in [2.24, 2.45) is 5.92 Å². The first-order chi connectivity index (χ1) is 14.1. The second-order valence-corrected chi connectivity index (χ2v) is 8.27. The minimum atomic E-state index is -1.40. The molecule has 0 bridgehead atoms. The smallest absolute Gasteiger partial charge is 0.306 e. The van der Waals surface area contributed by atoms with E-state index < -0.39 is 30.7 Å². The van der Waals surface area contributed by atoms with Gasteiger partial charge in [-0.3, -0.25) is 4.79 Å². The molecule has 0 aliphatic rings. The molecule has 1 atom stereocenters. The molecule has 0 aromatic heterocycles. The lowest BCUT2D eigenvalue weighted by atomic mass is 9.90. The van der Waals surface area contributed by atoms with E-state index in [4.69, 9.17) is 4.74 Å². The van der Waals surface area contributed by atoms with E-state index >= 15 is 0 Å². The molecule has 0 aliphatic heterocycles. The standard InChI is InChI=1S/C24H46O5/c1-3-4-5-6-7-8-9-10-11-12-13-14-15-16-17-18-23(28)29-24(20-26,21-27)22(2)19-25/h10-11,22,25-27H,3-9,12-21H2,1-2H3/b11-10-. The summed E-state index contributed by atoms with van der Waals surface area (Å²) in [7, 11) is 0. The van der Waals surface area contributed by atoms with E-state index in [1.807, 2.05) is 0 Å². The molecular formula is C24H46O5. The van der Waals surface area contributed by atoms with Crippen LogP contribution < -0.4 is 0 Å². The van der Waals surface area contributed by atoms with Crippen LogP contribution in [-0.2, 0) is 9.53 Å². The van der Waals surface area contributed by atoms with Crippen molar-refractivity contribution < 1.29 is 24.9 Å². The number of rotatable bonds is 20. The van der Waals surface area contributed by atoms with Gasteiger partial charge in [-0.1, -0.05) is 77.4 Å². The molecule has 1 unspecified atom stereocenters. The van der Waals surface area contributed by atoms with Crippen LogP contribution >= 0.6 is 0 Å². The number of aliphatic hydroxyl groups excluding tert-OH is 3. The van der Waals surface area contributed by atoms with Crippen molar-refractivity contribution in [2.45, 2.75) is 109 Å². The minimum Gasteiger partial charge on any atom is -0.454 e. The van der Waals surface area contributed by atoms with E-state index in [-0.39, 0.29) is 13.0 Å². The largest absolute Gasteiger partial charge is 0.454 e. The van der Waals surface area contributed by atoms with E-state index in [1.54, 1.807) is 6.92 Å². The Hall–Kier alpha value is -0.910. The molecule has 29 heavy (non-hydrogen) atoms. The fourth-order valence-corrected chi connectivity index (χ4v) is 3.31. The summed E-state index contributed by atoms with van der Waals surface area (Å²) in [5, 5.41) is 28.2. The molecule has 0 aromatic rings. The minimum absolute atomic E-state index is 0.262. The number of esters is 1. The van der Waals surface area contributed by atoms with Crippen molar-refractivity contribution in [3.05, 3.63) is 12.2 Å². The highest BCUT2D eigenvalue weighted by Gasteiger charge is 2.38. The maximum absolute atomic E-state index is 12.0. The second-order valence-electron chi connectivity index (χ2n) is 8.27. The molecule has 0 saturated heterocycles. The molecule has 0 fully saturated rings. The first-order valence-electron chi connectivity index (χ1n) is 11.8. The van der Waals surface area contributed by atoms with Crippen LogP contribution in [0.3, 0.4) is 0 Å². The number of hydrogen-bond acceptors (Lipinski definition) is 5. The van der Waals surface area contributed by atoms with Crippen LogP contribution in [0.1, 0.15) is 104 Å². The Kier molecular flexibility index (Phi) is 18.5. The van der Waals surface area contributed by atoms with Gasteiger partial charge in [0, 0.05) is 18.9 Å². The number of allylic oxidation sites excluding steroid dienone is 2. The van der Waals surface area contributed by atoms with Gasteiger partial charge >= 0.3 is 5.97 Å². The molecule has 0 aliphatic carbocycles. The van der Waals surface area contributed by atoms with Gasteiger partial charge in [0.25, 0.3) is 0 Å². The average Bonchev–Trinajstić information content (AvgIpc) is 2.74. The highest BCUT2D eigenvalue weighted by Crippen LogP contribution is 2.22. The van der Waals surface area contributed by atoms with Gasteiger partial charge in [-0.15, -0.1) is 0 Å². The van der Waals surface area contributed by atoms with Gasteiger partial charge in [-0.05, 0) is 32.1 Å². The molecule has 5 heteroatoms. The topological polar surface area (TPSA) is 87.0 Å². The van der Waals surface area contributed by atoms with Gasteiger partial charge in [0.1, 0.15) is 0 Å². The number of aliphatic hydroxyl groups is 3. The number of carbonyl (C=O) groups is 1. The summed E-state index contributed by atoms with van der Waals surface area (Å²) in [6, 6.07) is 0. The molecule has 0 heterocycles. The van der Waals surface area contributed by atoms with E-state index in [0.717, 1.165) is 32.1 Å². The summed E-state index contributed by atoms with van der Waals surface area (Å²) in [5.74, 6) is -0.943. The number of unbranched alkanes of at least 4 members (excludes halogenated alkanes) is 11. The molecule has 5 nitrogen and oxygen atoms in total. The Morgan fingerprint density at radius 3 is 1.79 bits per heavy atom. The quantitative estimate of drug-likeness (QED) is 0.150. The van der Waals surface area contributed by atoms with E-state index in [1.165, 1.54) is 51.4 Å². The van der Waals surface area contributed by atoms with E-state index in [9.17, 15) is 20.1 Å². The predicted molar refractivity (Wildman–Crippen MR) is 119 cm³/mol. The van der Waals surface area contributed by atoms with Gasteiger partial charge in [-0.25, -0.2) is 0 Å². The fraction of sp³-hybridized carbons (Fsp3) is 0.875. The summed E-state index contributed by atoms with van der Waals surface area (Å²) in [6.45, 7) is 2.63. The van der Waals surface area contributed by atoms with Gasteiger partial charge in [0.15, 0.2) is 5.60 Å². The normalized spacial score (nSPS) is 13.1. The fourth-order valence-electron chi connectivity index (χ4n) is 3.31. The van der Waals surface area contributed by atoms with Crippen LogP contribution in [0.2, 0.25) is 0 Å². The maximum Gasteiger partial charge on any atom is 0.306 e. The SMILES string of the molecule is CCCCCCCC/C=C\CCCCCCCC(=O)OC(CO)(CO)C(C)CO. The summed E-state index contributed by atoms with van der Waals surface area (Å²) >= 11 is 0. The second kappa shape index (κ2) is 19.1. The molecule has 3 N–H and O–H groups in total. The van der Waals surface area contributed by atoms with E-state index in [2.05, 4.69) is 19.1 Å². The molecule has 0 aromatic carbocycles. The third-order valence-electron chi connectivity index (χ3n) is 5.67. The number of ether oxygens (including phenoxy) is 1. The van der Waals surface area contributed by atoms with Crippen molar-refractivity contribution >= 4 is 5.97 Å². The van der Waals surface area contributed by atoms with E-state index in [0.29, 0.717) is 0 Å². The molecule has 0 radical (unpaired) electrons.